The first-order valence-corrected chi connectivity index (χ1v) is 9.95. The lowest BCUT2D eigenvalue weighted by atomic mass is 10.1. The molecule has 2 aromatic heterocycles. The number of aryl methyl sites for hydroxylation is 1. The summed E-state index contributed by atoms with van der Waals surface area (Å²) in [7, 11) is 0. The molecule has 0 aliphatic heterocycles. The molecule has 0 radical (unpaired) electrons. The maximum atomic E-state index is 13.0. The number of hydrogen-bond donors (Lipinski definition) is 2. The lowest BCUT2D eigenvalue weighted by Gasteiger charge is -2.06. The van der Waals surface area contributed by atoms with E-state index in [9.17, 15) is 18.0 Å². The fourth-order valence-corrected chi connectivity index (χ4v) is 3.26. The van der Waals surface area contributed by atoms with Crippen LogP contribution in [0.2, 0.25) is 5.02 Å². The molecule has 4 rings (SSSR count). The number of nitrogens with zero attached hydrogens (tertiary/aromatic N) is 4. The molecule has 0 saturated heterocycles. The number of rotatable bonds is 7. The molecule has 162 valence electrons. The van der Waals surface area contributed by atoms with E-state index in [2.05, 4.69) is 25.8 Å². The normalized spacial score (nSPS) is 14.3. The van der Waals surface area contributed by atoms with Crippen molar-refractivity contribution in [1.82, 2.24) is 25.4 Å². The molecule has 2 N–H and O–H groups in total. The second-order valence-corrected chi connectivity index (χ2v) is 7.64. The monoisotopic (exact) mass is 450 g/mol. The van der Waals surface area contributed by atoms with Crippen molar-refractivity contribution < 1.29 is 18.0 Å². The quantitative estimate of drug-likeness (QED) is 0.414. The topological polar surface area (TPSA) is 88.0 Å². The molecule has 0 atom stereocenters. The molecule has 7 nitrogen and oxygen atoms in total. The average molecular weight is 451 g/mol. The highest BCUT2D eigenvalue weighted by atomic mass is 35.5. The smallest absolute Gasteiger partial charge is 0.277 e. The molecule has 1 amide bonds. The van der Waals surface area contributed by atoms with Gasteiger partial charge in [0.15, 0.2) is 5.69 Å². The van der Waals surface area contributed by atoms with Crippen LogP contribution in [-0.4, -0.2) is 32.1 Å². The summed E-state index contributed by atoms with van der Waals surface area (Å²) in [5.74, 6) is -0.351. The number of alkyl halides is 3. The zero-order valence-corrected chi connectivity index (χ0v) is 16.9. The van der Waals surface area contributed by atoms with E-state index in [1.807, 2.05) is 12.1 Å². The van der Waals surface area contributed by atoms with Gasteiger partial charge in [-0.3, -0.25) is 14.6 Å². The van der Waals surface area contributed by atoms with E-state index in [1.165, 1.54) is 10.9 Å². The summed E-state index contributed by atoms with van der Waals surface area (Å²) in [4.78, 5) is 12.1. The first-order chi connectivity index (χ1) is 14.8. The van der Waals surface area contributed by atoms with Crippen LogP contribution in [0.15, 0.2) is 41.6 Å². The number of hydrogen-bond acceptors (Lipinski definition) is 4. The number of aromatic nitrogens is 4. The van der Waals surface area contributed by atoms with Gasteiger partial charge in [-0.25, -0.2) is 5.43 Å². The van der Waals surface area contributed by atoms with Crippen LogP contribution in [0.5, 0.6) is 0 Å². The molecule has 1 aromatic carbocycles. The summed E-state index contributed by atoms with van der Waals surface area (Å²) in [5.41, 5.74) is 4.19. The van der Waals surface area contributed by atoms with E-state index in [1.54, 1.807) is 18.3 Å². The number of aromatic amines is 1. The third-order valence-corrected chi connectivity index (χ3v) is 5.09. The molecular formula is C20H18ClF3N6O. The van der Waals surface area contributed by atoms with Crippen LogP contribution in [0.3, 0.4) is 0 Å². The largest absolute Gasteiger partial charge is 0.435 e. The van der Waals surface area contributed by atoms with Gasteiger partial charge in [0.1, 0.15) is 0 Å². The number of nitrogens with one attached hydrogen (secondary N) is 2. The first kappa shape index (κ1) is 21.1. The lowest BCUT2D eigenvalue weighted by molar-refractivity contribution is -0.141. The Balaban J connectivity index is 1.36. The Labute approximate surface area is 180 Å². The Kier molecular flexibility index (Phi) is 5.81. The van der Waals surface area contributed by atoms with Crippen LogP contribution in [0.4, 0.5) is 13.2 Å². The van der Waals surface area contributed by atoms with E-state index < -0.39 is 17.8 Å². The van der Waals surface area contributed by atoms with Crippen LogP contribution in [-0.2, 0) is 17.5 Å². The number of carbonyl (C=O) groups is 1. The van der Waals surface area contributed by atoms with Crippen molar-refractivity contribution in [1.29, 1.82) is 0 Å². The Morgan fingerprint density at radius 1 is 1.32 bits per heavy atom. The minimum atomic E-state index is -4.51. The number of halogens is 4. The van der Waals surface area contributed by atoms with Crippen molar-refractivity contribution >= 4 is 23.7 Å². The number of hydrazone groups is 1. The van der Waals surface area contributed by atoms with Crippen LogP contribution in [0, 0.1) is 0 Å². The SMILES string of the molecule is O=C(CCn1nc(C(F)(F)F)cc1C1CC1)N/N=C\c1cn[nH]c1-c1ccc(Cl)cc1. The van der Waals surface area contributed by atoms with Crippen LogP contribution >= 0.6 is 11.6 Å². The van der Waals surface area contributed by atoms with Gasteiger partial charge in [-0.15, -0.1) is 0 Å². The highest BCUT2D eigenvalue weighted by molar-refractivity contribution is 6.30. The second kappa shape index (κ2) is 8.54. The van der Waals surface area contributed by atoms with Crippen molar-refractivity contribution in [2.24, 2.45) is 5.10 Å². The van der Waals surface area contributed by atoms with Gasteiger partial charge in [0.25, 0.3) is 0 Å². The molecule has 1 fully saturated rings. The van der Waals surface area contributed by atoms with Crippen LogP contribution < -0.4 is 5.43 Å². The Bertz CT molecular complexity index is 1100. The predicted octanol–water partition coefficient (Wildman–Crippen LogP) is 4.36. The van der Waals surface area contributed by atoms with Gasteiger partial charge < -0.3 is 0 Å². The van der Waals surface area contributed by atoms with Crippen LogP contribution in [0.1, 0.15) is 42.1 Å². The van der Waals surface area contributed by atoms with Crippen molar-refractivity contribution in [3.63, 3.8) is 0 Å². The van der Waals surface area contributed by atoms with E-state index in [4.69, 9.17) is 11.6 Å². The molecule has 1 aliphatic carbocycles. The van der Waals surface area contributed by atoms with Gasteiger partial charge >= 0.3 is 6.18 Å². The van der Waals surface area contributed by atoms with Gasteiger partial charge in [0.05, 0.1) is 24.7 Å². The van der Waals surface area contributed by atoms with E-state index in [0.29, 0.717) is 22.0 Å². The summed E-state index contributed by atoms with van der Waals surface area (Å²) in [6.45, 7) is 0.0466. The summed E-state index contributed by atoms with van der Waals surface area (Å²) in [6, 6.07) is 8.21. The molecule has 0 spiro atoms. The molecule has 0 unspecified atom stereocenters. The average Bonchev–Trinajstić information content (AvgIpc) is 3.29. The zero-order valence-electron chi connectivity index (χ0n) is 16.2. The number of benzene rings is 1. The first-order valence-electron chi connectivity index (χ1n) is 9.57. The summed E-state index contributed by atoms with van der Waals surface area (Å²) < 4.78 is 40.1. The maximum absolute atomic E-state index is 13.0. The van der Waals surface area contributed by atoms with Crippen molar-refractivity contribution in [2.45, 2.75) is 37.9 Å². The number of carbonyl (C=O) groups excluding carboxylic acids is 1. The van der Waals surface area contributed by atoms with Gasteiger partial charge in [0, 0.05) is 34.2 Å². The molecule has 3 aromatic rings. The minimum Gasteiger partial charge on any atom is -0.277 e. The molecule has 31 heavy (non-hydrogen) atoms. The Morgan fingerprint density at radius 3 is 2.74 bits per heavy atom. The Morgan fingerprint density at radius 2 is 2.06 bits per heavy atom. The number of amides is 1. The zero-order chi connectivity index (χ0) is 22.0. The van der Waals surface area contributed by atoms with E-state index in [-0.39, 0.29) is 18.9 Å². The molecule has 11 heteroatoms. The third-order valence-electron chi connectivity index (χ3n) is 4.84. The van der Waals surface area contributed by atoms with Gasteiger partial charge in [-0.1, -0.05) is 23.7 Å². The molecule has 2 heterocycles. The lowest BCUT2D eigenvalue weighted by Crippen LogP contribution is -2.20. The van der Waals surface area contributed by atoms with Gasteiger partial charge in [-0.05, 0) is 31.0 Å². The highest BCUT2D eigenvalue weighted by Gasteiger charge is 2.37. The maximum Gasteiger partial charge on any atom is 0.435 e. The fourth-order valence-electron chi connectivity index (χ4n) is 3.13. The minimum absolute atomic E-state index is 0.0466. The third kappa shape index (κ3) is 5.13. The van der Waals surface area contributed by atoms with Gasteiger partial charge in [-0.2, -0.15) is 28.5 Å². The highest BCUT2D eigenvalue weighted by Crippen LogP contribution is 2.42. The standard InChI is InChI=1S/C20H18ClF3N6O/c21-15-5-3-13(4-6-15)19-14(11-26-28-19)10-25-27-18(31)7-8-30-16(12-1-2-12)9-17(29-30)20(22,23)24/h3-6,9-12H,1-2,7-8H2,(H,26,28)(H,27,31)/b25-10-. The summed E-state index contributed by atoms with van der Waals surface area (Å²) in [6.07, 6.45) is 0.111. The molecule has 1 aliphatic rings. The fraction of sp³-hybridized carbons (Fsp3) is 0.300. The van der Waals surface area contributed by atoms with Crippen molar-refractivity contribution in [2.75, 3.05) is 0 Å². The summed E-state index contributed by atoms with van der Waals surface area (Å²) in [5, 5.41) is 15.0. The summed E-state index contributed by atoms with van der Waals surface area (Å²) >= 11 is 5.90. The van der Waals surface area contributed by atoms with E-state index >= 15 is 0 Å². The second-order valence-electron chi connectivity index (χ2n) is 7.20. The van der Waals surface area contributed by atoms with Crippen LogP contribution in [0.25, 0.3) is 11.3 Å². The number of H-pyrrole nitrogens is 1. The van der Waals surface area contributed by atoms with Crippen molar-refractivity contribution in [3.8, 4) is 11.3 Å². The van der Waals surface area contributed by atoms with Crippen molar-refractivity contribution in [3.05, 3.63) is 58.5 Å². The predicted molar refractivity (Wildman–Crippen MR) is 109 cm³/mol. The molecule has 1 saturated carbocycles. The van der Waals surface area contributed by atoms with Gasteiger partial charge in [0.2, 0.25) is 5.91 Å². The van der Waals surface area contributed by atoms with E-state index in [0.717, 1.165) is 24.5 Å². The Hall–Kier alpha value is -3.14. The molecular weight excluding hydrogens is 433 g/mol. The molecule has 0 bridgehead atoms.